The molecule has 1 aliphatic rings. The third-order valence-corrected chi connectivity index (χ3v) is 4.71. The van der Waals surface area contributed by atoms with E-state index in [1.54, 1.807) is 12.3 Å². The topological polar surface area (TPSA) is 42.7 Å². The fraction of sp³-hybridized carbons (Fsp3) is 0.450. The van der Waals surface area contributed by atoms with Gasteiger partial charge in [0.05, 0.1) is 12.9 Å². The molecule has 0 unspecified atom stereocenters. The van der Waals surface area contributed by atoms with Crippen molar-refractivity contribution in [2.45, 2.75) is 40.5 Å². The molecule has 4 heteroatoms. The highest BCUT2D eigenvalue weighted by Crippen LogP contribution is 2.37. The zero-order valence-corrected chi connectivity index (χ0v) is 14.9. The number of fused-ring (bicyclic) bond motifs is 1. The summed E-state index contributed by atoms with van der Waals surface area (Å²) < 4.78 is 11.6. The van der Waals surface area contributed by atoms with Crippen molar-refractivity contribution in [2.75, 3.05) is 19.7 Å². The van der Waals surface area contributed by atoms with E-state index in [0.717, 1.165) is 64.9 Å². The third-order valence-electron chi connectivity index (χ3n) is 4.71. The largest absolute Gasteiger partial charge is 0.493 e. The van der Waals surface area contributed by atoms with Crippen molar-refractivity contribution < 1.29 is 13.9 Å². The molecule has 2 heterocycles. The maximum atomic E-state index is 12.5. The zero-order chi connectivity index (χ0) is 17.3. The van der Waals surface area contributed by atoms with Crippen LogP contribution in [-0.4, -0.2) is 30.5 Å². The van der Waals surface area contributed by atoms with Crippen LogP contribution in [0.15, 0.2) is 22.8 Å². The van der Waals surface area contributed by atoms with Crippen LogP contribution < -0.4 is 4.74 Å². The first-order valence-corrected chi connectivity index (χ1v) is 8.64. The highest BCUT2D eigenvalue weighted by atomic mass is 16.5. The molecule has 0 radical (unpaired) electrons. The molecule has 0 bridgehead atoms. The van der Waals surface area contributed by atoms with Crippen molar-refractivity contribution in [1.29, 1.82) is 0 Å². The molecule has 3 rings (SSSR count). The molecule has 0 saturated carbocycles. The number of aryl methyl sites for hydroxylation is 2. The first-order valence-electron chi connectivity index (χ1n) is 8.64. The molecule has 0 spiro atoms. The van der Waals surface area contributed by atoms with Gasteiger partial charge in [0.1, 0.15) is 11.3 Å². The van der Waals surface area contributed by atoms with Gasteiger partial charge >= 0.3 is 0 Å². The van der Waals surface area contributed by atoms with Crippen molar-refractivity contribution in [3.05, 3.63) is 35.1 Å². The summed E-state index contributed by atoms with van der Waals surface area (Å²) in [5, 5.41) is 1.08. The minimum absolute atomic E-state index is 0.0918. The minimum atomic E-state index is 0.0918. The highest BCUT2D eigenvalue weighted by Gasteiger charge is 2.19. The SMILES string of the molecule is CCOc1c(/C(C)=C/C(=O)N2CCCC2)cc2c(C)coc2c1C. The van der Waals surface area contributed by atoms with E-state index in [9.17, 15) is 4.79 Å². The molecular weight excluding hydrogens is 302 g/mol. The van der Waals surface area contributed by atoms with Gasteiger partial charge in [-0.05, 0) is 57.7 Å². The summed E-state index contributed by atoms with van der Waals surface area (Å²) in [5.41, 5.74) is 4.84. The van der Waals surface area contributed by atoms with Gasteiger partial charge in [-0.15, -0.1) is 0 Å². The van der Waals surface area contributed by atoms with Gasteiger partial charge < -0.3 is 14.1 Å². The first kappa shape index (κ1) is 16.6. The molecule has 0 aliphatic carbocycles. The maximum Gasteiger partial charge on any atom is 0.246 e. The number of hydrogen-bond donors (Lipinski definition) is 0. The molecule has 1 aliphatic heterocycles. The molecule has 2 aromatic rings. The number of allylic oxidation sites excluding steroid dienone is 1. The van der Waals surface area contributed by atoms with Crippen LogP contribution in [0.1, 0.15) is 43.4 Å². The number of amides is 1. The summed E-state index contributed by atoms with van der Waals surface area (Å²) >= 11 is 0. The second-order valence-electron chi connectivity index (χ2n) is 6.47. The Hall–Kier alpha value is -2.23. The number of carbonyl (C=O) groups is 1. The van der Waals surface area contributed by atoms with Crippen LogP contribution in [0.25, 0.3) is 16.5 Å². The van der Waals surface area contributed by atoms with Crippen LogP contribution in [-0.2, 0) is 4.79 Å². The van der Waals surface area contributed by atoms with Crippen LogP contribution in [0.4, 0.5) is 0 Å². The zero-order valence-electron chi connectivity index (χ0n) is 14.9. The van der Waals surface area contributed by atoms with Crippen molar-refractivity contribution in [2.24, 2.45) is 0 Å². The molecule has 0 N–H and O–H groups in total. The molecule has 128 valence electrons. The number of benzene rings is 1. The lowest BCUT2D eigenvalue weighted by Gasteiger charge is -2.16. The second-order valence-corrected chi connectivity index (χ2v) is 6.47. The van der Waals surface area contributed by atoms with Crippen LogP contribution in [0.2, 0.25) is 0 Å². The smallest absolute Gasteiger partial charge is 0.246 e. The Morgan fingerprint density at radius 3 is 2.71 bits per heavy atom. The van der Waals surface area contributed by atoms with E-state index < -0.39 is 0 Å². The molecule has 1 amide bonds. The van der Waals surface area contributed by atoms with Gasteiger partial charge in [0.25, 0.3) is 0 Å². The Bertz CT molecular complexity index is 795. The Labute approximate surface area is 143 Å². The summed E-state index contributed by atoms with van der Waals surface area (Å²) in [7, 11) is 0. The van der Waals surface area contributed by atoms with Crippen molar-refractivity contribution in [1.82, 2.24) is 4.90 Å². The quantitative estimate of drug-likeness (QED) is 0.778. The lowest BCUT2D eigenvalue weighted by atomic mass is 9.98. The summed E-state index contributed by atoms with van der Waals surface area (Å²) in [4.78, 5) is 14.4. The number of nitrogens with zero attached hydrogens (tertiary/aromatic N) is 1. The first-order chi connectivity index (χ1) is 11.5. The summed E-state index contributed by atoms with van der Waals surface area (Å²) in [5.74, 6) is 0.899. The van der Waals surface area contributed by atoms with Crippen molar-refractivity contribution >= 4 is 22.4 Å². The van der Waals surface area contributed by atoms with Gasteiger partial charge in [0.15, 0.2) is 0 Å². The molecule has 1 aromatic carbocycles. The standard InChI is InChI=1S/C20H25NO3/c1-5-23-19-15(4)20-17(14(3)12-24-20)11-16(19)13(2)10-18(22)21-8-6-7-9-21/h10-12H,5-9H2,1-4H3/b13-10+. The van der Waals surface area contributed by atoms with E-state index in [2.05, 4.69) is 6.07 Å². The Morgan fingerprint density at radius 2 is 2.04 bits per heavy atom. The number of ether oxygens (including phenoxy) is 1. The fourth-order valence-corrected chi connectivity index (χ4v) is 3.35. The number of hydrogen-bond acceptors (Lipinski definition) is 3. The lowest BCUT2D eigenvalue weighted by molar-refractivity contribution is -0.124. The fourth-order valence-electron chi connectivity index (χ4n) is 3.35. The second kappa shape index (κ2) is 6.71. The highest BCUT2D eigenvalue weighted by molar-refractivity contribution is 5.98. The van der Waals surface area contributed by atoms with E-state index in [0.29, 0.717) is 6.61 Å². The molecule has 0 atom stereocenters. The Kier molecular flexibility index (Phi) is 4.65. The Morgan fingerprint density at radius 1 is 1.33 bits per heavy atom. The van der Waals surface area contributed by atoms with Crippen LogP contribution >= 0.6 is 0 Å². The van der Waals surface area contributed by atoms with Gasteiger partial charge in [0, 0.05) is 35.7 Å². The number of rotatable bonds is 4. The molecule has 4 nitrogen and oxygen atoms in total. The van der Waals surface area contributed by atoms with Crippen molar-refractivity contribution in [3.63, 3.8) is 0 Å². The van der Waals surface area contributed by atoms with Crippen LogP contribution in [0.5, 0.6) is 5.75 Å². The summed E-state index contributed by atoms with van der Waals surface area (Å²) in [6.45, 7) is 10.3. The number of furan rings is 1. The summed E-state index contributed by atoms with van der Waals surface area (Å²) in [6, 6.07) is 2.08. The minimum Gasteiger partial charge on any atom is -0.493 e. The number of likely N-dealkylation sites (tertiary alicyclic amines) is 1. The normalized spacial score (nSPS) is 15.3. The van der Waals surface area contributed by atoms with Gasteiger partial charge in [-0.3, -0.25) is 4.79 Å². The monoisotopic (exact) mass is 327 g/mol. The van der Waals surface area contributed by atoms with Gasteiger partial charge in [-0.2, -0.15) is 0 Å². The summed E-state index contributed by atoms with van der Waals surface area (Å²) in [6.07, 6.45) is 5.71. The molecule has 24 heavy (non-hydrogen) atoms. The predicted octanol–water partition coefficient (Wildman–Crippen LogP) is 4.47. The van der Waals surface area contributed by atoms with E-state index in [1.165, 1.54) is 0 Å². The molecule has 1 fully saturated rings. The van der Waals surface area contributed by atoms with E-state index in [-0.39, 0.29) is 5.91 Å². The van der Waals surface area contributed by atoms with Crippen LogP contribution in [0.3, 0.4) is 0 Å². The molecule has 1 aromatic heterocycles. The average molecular weight is 327 g/mol. The van der Waals surface area contributed by atoms with Crippen molar-refractivity contribution in [3.8, 4) is 5.75 Å². The third kappa shape index (κ3) is 2.93. The van der Waals surface area contributed by atoms with Gasteiger partial charge in [0.2, 0.25) is 5.91 Å². The van der Waals surface area contributed by atoms with E-state index in [1.807, 2.05) is 32.6 Å². The van der Waals surface area contributed by atoms with Gasteiger partial charge in [-0.1, -0.05) is 0 Å². The maximum absolute atomic E-state index is 12.5. The van der Waals surface area contributed by atoms with E-state index >= 15 is 0 Å². The van der Waals surface area contributed by atoms with Crippen LogP contribution in [0, 0.1) is 13.8 Å². The molecule has 1 saturated heterocycles. The lowest BCUT2D eigenvalue weighted by Crippen LogP contribution is -2.25. The Balaban J connectivity index is 2.07. The van der Waals surface area contributed by atoms with E-state index in [4.69, 9.17) is 9.15 Å². The van der Waals surface area contributed by atoms with Gasteiger partial charge in [-0.25, -0.2) is 0 Å². The molecular formula is C20H25NO3. The number of carbonyl (C=O) groups excluding carboxylic acids is 1. The average Bonchev–Trinajstić information content (AvgIpc) is 3.20. The predicted molar refractivity (Wildman–Crippen MR) is 96.3 cm³/mol.